The standard InChI is InChI=1S/C14H25N3O2/c15-14(19)17-9-3-6-12(10-17)13(18)16-8-7-11-4-1-2-5-11/h11-12H,1-10H2,(H2,15,19)(H,16,18). The van der Waals surface area contributed by atoms with Crippen LogP contribution < -0.4 is 11.1 Å². The van der Waals surface area contributed by atoms with Crippen LogP contribution in [-0.4, -0.2) is 36.5 Å². The van der Waals surface area contributed by atoms with Gasteiger partial charge in [0.2, 0.25) is 5.91 Å². The number of nitrogens with zero attached hydrogens (tertiary/aromatic N) is 1. The topological polar surface area (TPSA) is 75.4 Å². The van der Waals surface area contributed by atoms with Crippen LogP contribution in [0.15, 0.2) is 0 Å². The van der Waals surface area contributed by atoms with Gasteiger partial charge in [0, 0.05) is 19.6 Å². The van der Waals surface area contributed by atoms with Crippen molar-refractivity contribution >= 4 is 11.9 Å². The Morgan fingerprint density at radius 3 is 2.58 bits per heavy atom. The Bertz CT molecular complexity index is 327. The van der Waals surface area contributed by atoms with Crippen molar-refractivity contribution in [3.8, 4) is 0 Å². The highest BCUT2D eigenvalue weighted by Gasteiger charge is 2.27. The minimum Gasteiger partial charge on any atom is -0.356 e. The Morgan fingerprint density at radius 2 is 1.89 bits per heavy atom. The third-order valence-electron chi connectivity index (χ3n) is 4.43. The fraction of sp³-hybridized carbons (Fsp3) is 0.857. The molecule has 3 amide bonds. The quantitative estimate of drug-likeness (QED) is 0.809. The molecule has 0 radical (unpaired) electrons. The van der Waals surface area contributed by atoms with Gasteiger partial charge in [-0.3, -0.25) is 4.79 Å². The molecule has 19 heavy (non-hydrogen) atoms. The highest BCUT2D eigenvalue weighted by molar-refractivity contribution is 5.80. The van der Waals surface area contributed by atoms with Crippen molar-refractivity contribution in [1.29, 1.82) is 0 Å². The molecule has 0 aromatic heterocycles. The molecule has 1 saturated carbocycles. The number of hydrogen-bond acceptors (Lipinski definition) is 2. The molecule has 0 spiro atoms. The maximum absolute atomic E-state index is 12.1. The summed E-state index contributed by atoms with van der Waals surface area (Å²) in [4.78, 5) is 24.8. The second-order valence-corrected chi connectivity index (χ2v) is 5.85. The first-order chi connectivity index (χ1) is 9.16. The third kappa shape index (κ3) is 4.11. The van der Waals surface area contributed by atoms with E-state index in [-0.39, 0.29) is 11.8 Å². The minimum atomic E-state index is -0.413. The predicted octanol–water partition coefficient (Wildman–Crippen LogP) is 1.47. The van der Waals surface area contributed by atoms with E-state index in [0.29, 0.717) is 13.1 Å². The number of primary amides is 1. The Hall–Kier alpha value is -1.26. The van der Waals surface area contributed by atoms with Crippen LogP contribution in [0.3, 0.4) is 0 Å². The van der Waals surface area contributed by atoms with Gasteiger partial charge < -0.3 is 16.0 Å². The number of nitrogens with one attached hydrogen (secondary N) is 1. The average Bonchev–Trinajstić information content (AvgIpc) is 2.92. The maximum atomic E-state index is 12.1. The lowest BCUT2D eigenvalue weighted by Crippen LogP contribution is -2.47. The van der Waals surface area contributed by atoms with Gasteiger partial charge in [-0.1, -0.05) is 25.7 Å². The van der Waals surface area contributed by atoms with Crippen molar-refractivity contribution in [2.45, 2.75) is 44.9 Å². The van der Waals surface area contributed by atoms with E-state index in [0.717, 1.165) is 31.7 Å². The Balaban J connectivity index is 1.68. The van der Waals surface area contributed by atoms with Crippen molar-refractivity contribution in [3.63, 3.8) is 0 Å². The zero-order valence-electron chi connectivity index (χ0n) is 11.6. The molecular formula is C14H25N3O2. The Labute approximate surface area is 114 Å². The number of nitrogens with two attached hydrogens (primary N) is 1. The monoisotopic (exact) mass is 267 g/mol. The molecule has 0 aromatic carbocycles. The highest BCUT2D eigenvalue weighted by atomic mass is 16.2. The van der Waals surface area contributed by atoms with Crippen molar-refractivity contribution in [2.24, 2.45) is 17.6 Å². The van der Waals surface area contributed by atoms with Gasteiger partial charge in [-0.2, -0.15) is 0 Å². The van der Waals surface area contributed by atoms with E-state index in [1.165, 1.54) is 25.7 Å². The molecule has 2 rings (SSSR count). The summed E-state index contributed by atoms with van der Waals surface area (Å²) < 4.78 is 0. The van der Waals surface area contributed by atoms with Gasteiger partial charge in [0.1, 0.15) is 0 Å². The summed E-state index contributed by atoms with van der Waals surface area (Å²) in [6.07, 6.45) is 8.13. The third-order valence-corrected chi connectivity index (χ3v) is 4.43. The number of urea groups is 1. The van der Waals surface area contributed by atoms with Gasteiger partial charge >= 0.3 is 6.03 Å². The first-order valence-electron chi connectivity index (χ1n) is 7.49. The fourth-order valence-corrected chi connectivity index (χ4v) is 3.23. The molecule has 1 unspecified atom stereocenters. The maximum Gasteiger partial charge on any atom is 0.314 e. The van der Waals surface area contributed by atoms with Gasteiger partial charge in [-0.15, -0.1) is 0 Å². The van der Waals surface area contributed by atoms with Crippen molar-refractivity contribution in [1.82, 2.24) is 10.2 Å². The largest absolute Gasteiger partial charge is 0.356 e. The summed E-state index contributed by atoms with van der Waals surface area (Å²) in [6.45, 7) is 1.93. The van der Waals surface area contributed by atoms with E-state index in [2.05, 4.69) is 5.32 Å². The van der Waals surface area contributed by atoms with Crippen molar-refractivity contribution in [2.75, 3.05) is 19.6 Å². The van der Waals surface area contributed by atoms with Gasteiger partial charge in [0.05, 0.1) is 5.92 Å². The molecule has 5 nitrogen and oxygen atoms in total. The highest BCUT2D eigenvalue weighted by Crippen LogP contribution is 2.27. The van der Waals surface area contributed by atoms with Crippen molar-refractivity contribution < 1.29 is 9.59 Å². The van der Waals surface area contributed by atoms with Crippen LogP contribution in [-0.2, 0) is 4.79 Å². The number of likely N-dealkylation sites (tertiary alicyclic amines) is 1. The minimum absolute atomic E-state index is 0.0789. The Kier molecular flexibility index (Phi) is 5.05. The first kappa shape index (κ1) is 14.2. The number of rotatable bonds is 4. The Morgan fingerprint density at radius 1 is 1.16 bits per heavy atom. The molecule has 2 fully saturated rings. The second-order valence-electron chi connectivity index (χ2n) is 5.85. The summed E-state index contributed by atoms with van der Waals surface area (Å²) >= 11 is 0. The van der Waals surface area contributed by atoms with E-state index in [4.69, 9.17) is 5.73 Å². The lowest BCUT2D eigenvalue weighted by molar-refractivity contribution is -0.126. The van der Waals surface area contributed by atoms with Gasteiger partial charge in [0.15, 0.2) is 0 Å². The number of carbonyl (C=O) groups is 2. The molecule has 1 aliphatic carbocycles. The molecule has 3 N–H and O–H groups in total. The molecule has 0 bridgehead atoms. The normalized spacial score (nSPS) is 24.4. The summed E-state index contributed by atoms with van der Waals surface area (Å²) in [5, 5.41) is 3.02. The summed E-state index contributed by atoms with van der Waals surface area (Å²) in [7, 11) is 0. The fourth-order valence-electron chi connectivity index (χ4n) is 3.23. The van der Waals surface area contributed by atoms with Gasteiger partial charge in [0.25, 0.3) is 0 Å². The van der Waals surface area contributed by atoms with E-state index in [1.54, 1.807) is 4.90 Å². The van der Waals surface area contributed by atoms with Crippen LogP contribution in [0, 0.1) is 11.8 Å². The molecule has 1 heterocycles. The second kappa shape index (κ2) is 6.78. The molecule has 1 aliphatic heterocycles. The van der Waals surface area contributed by atoms with Crippen LogP contribution in [0.1, 0.15) is 44.9 Å². The lowest BCUT2D eigenvalue weighted by Gasteiger charge is -2.30. The summed E-state index contributed by atoms with van der Waals surface area (Å²) in [6, 6.07) is -0.413. The zero-order valence-corrected chi connectivity index (χ0v) is 11.6. The first-order valence-corrected chi connectivity index (χ1v) is 7.49. The zero-order chi connectivity index (χ0) is 13.7. The predicted molar refractivity (Wildman–Crippen MR) is 73.5 cm³/mol. The molecule has 5 heteroatoms. The SMILES string of the molecule is NC(=O)N1CCCC(C(=O)NCCC2CCCC2)C1. The summed E-state index contributed by atoms with van der Waals surface area (Å²) in [5.74, 6) is 0.808. The van der Waals surface area contributed by atoms with E-state index >= 15 is 0 Å². The van der Waals surface area contributed by atoms with Crippen LogP contribution in [0.25, 0.3) is 0 Å². The number of hydrogen-bond donors (Lipinski definition) is 2. The van der Waals surface area contributed by atoms with Crippen LogP contribution in [0.2, 0.25) is 0 Å². The molecule has 0 aromatic rings. The van der Waals surface area contributed by atoms with Crippen LogP contribution >= 0.6 is 0 Å². The van der Waals surface area contributed by atoms with Gasteiger partial charge in [-0.05, 0) is 25.2 Å². The van der Waals surface area contributed by atoms with Crippen LogP contribution in [0.4, 0.5) is 4.79 Å². The average molecular weight is 267 g/mol. The van der Waals surface area contributed by atoms with E-state index < -0.39 is 6.03 Å². The smallest absolute Gasteiger partial charge is 0.314 e. The molecular weight excluding hydrogens is 242 g/mol. The molecule has 108 valence electrons. The van der Waals surface area contributed by atoms with Crippen molar-refractivity contribution in [3.05, 3.63) is 0 Å². The number of carbonyl (C=O) groups excluding carboxylic acids is 2. The van der Waals surface area contributed by atoms with E-state index in [9.17, 15) is 9.59 Å². The summed E-state index contributed by atoms with van der Waals surface area (Å²) in [5.41, 5.74) is 5.27. The van der Waals surface area contributed by atoms with Gasteiger partial charge in [-0.25, -0.2) is 4.79 Å². The molecule has 2 aliphatic rings. The van der Waals surface area contributed by atoms with E-state index in [1.807, 2.05) is 0 Å². The van der Waals surface area contributed by atoms with Crippen LogP contribution in [0.5, 0.6) is 0 Å². The number of piperidine rings is 1. The molecule has 1 saturated heterocycles. The number of amides is 3. The lowest BCUT2D eigenvalue weighted by atomic mass is 9.97. The molecule has 1 atom stereocenters.